The van der Waals surface area contributed by atoms with E-state index in [4.69, 9.17) is 5.73 Å². The number of aromatic amines is 1. The normalized spacial score (nSPS) is 27.3. The van der Waals surface area contributed by atoms with Crippen molar-refractivity contribution in [1.82, 2.24) is 4.98 Å². The molecule has 0 amide bonds. The number of pyridine rings is 1. The van der Waals surface area contributed by atoms with Crippen molar-refractivity contribution in [1.29, 1.82) is 0 Å². The lowest BCUT2D eigenvalue weighted by Crippen LogP contribution is -2.45. The maximum Gasteiger partial charge on any atom is 0.248 e. The third-order valence-electron chi connectivity index (χ3n) is 5.47. The Kier molecular flexibility index (Phi) is 3.54. The van der Waals surface area contributed by atoms with Crippen molar-refractivity contribution in [2.75, 3.05) is 0 Å². The van der Waals surface area contributed by atoms with Crippen LogP contribution in [0.25, 0.3) is 5.57 Å². The van der Waals surface area contributed by atoms with Gasteiger partial charge in [-0.1, -0.05) is 42.5 Å². The molecule has 0 fully saturated rings. The number of benzene rings is 1. The van der Waals surface area contributed by atoms with Gasteiger partial charge in [0.05, 0.1) is 5.54 Å². The van der Waals surface area contributed by atoms with Gasteiger partial charge in [0.2, 0.25) is 5.56 Å². The molecule has 3 heteroatoms. The van der Waals surface area contributed by atoms with Gasteiger partial charge in [-0.15, -0.1) is 0 Å². The number of fused-ring (bicyclic) bond motifs is 4. The Hall–Kier alpha value is -2.39. The monoisotopic (exact) mass is 318 g/mol. The number of hydrogen-bond acceptors (Lipinski definition) is 2. The first-order chi connectivity index (χ1) is 11.6. The summed E-state index contributed by atoms with van der Waals surface area (Å²) in [6, 6.07) is 14.0. The van der Waals surface area contributed by atoms with Gasteiger partial charge in [0.25, 0.3) is 0 Å². The van der Waals surface area contributed by atoms with E-state index in [2.05, 4.69) is 48.3 Å². The Morgan fingerprint density at radius 3 is 2.75 bits per heavy atom. The van der Waals surface area contributed by atoms with Gasteiger partial charge in [0.1, 0.15) is 0 Å². The van der Waals surface area contributed by atoms with Crippen LogP contribution in [0.4, 0.5) is 0 Å². The van der Waals surface area contributed by atoms with Crippen LogP contribution in [0.2, 0.25) is 0 Å². The van der Waals surface area contributed by atoms with Crippen molar-refractivity contribution in [3.63, 3.8) is 0 Å². The molecule has 1 heterocycles. The standard InChI is InChI=1S/C21H22N2O/c1-2-17-16-12-15(14-6-4-3-5-7-14)10-11-21(17,22)18-8-9-20(24)23-19(18)13-16/h2-9,12,16H,10-11,13,22H2,1H3,(H,23,24)/b17-2+. The molecule has 0 saturated carbocycles. The van der Waals surface area contributed by atoms with E-state index in [9.17, 15) is 4.79 Å². The molecule has 0 spiro atoms. The highest BCUT2D eigenvalue weighted by Gasteiger charge is 2.42. The average Bonchev–Trinajstić information content (AvgIpc) is 2.69. The van der Waals surface area contributed by atoms with Crippen LogP contribution < -0.4 is 11.3 Å². The predicted octanol–water partition coefficient (Wildman–Crippen LogP) is 3.52. The summed E-state index contributed by atoms with van der Waals surface area (Å²) < 4.78 is 0. The summed E-state index contributed by atoms with van der Waals surface area (Å²) in [5.41, 5.74) is 12.3. The molecule has 2 aliphatic rings. The molecule has 24 heavy (non-hydrogen) atoms. The van der Waals surface area contributed by atoms with Crippen molar-refractivity contribution in [3.05, 3.63) is 87.4 Å². The number of nitrogens with one attached hydrogen (secondary N) is 1. The highest BCUT2D eigenvalue weighted by molar-refractivity contribution is 5.68. The summed E-state index contributed by atoms with van der Waals surface area (Å²) in [5.74, 6) is 0.239. The van der Waals surface area contributed by atoms with Crippen molar-refractivity contribution < 1.29 is 0 Å². The minimum Gasteiger partial charge on any atom is -0.326 e. The lowest BCUT2D eigenvalue weighted by Gasteiger charge is -2.40. The Bertz CT molecular complexity index is 892. The molecule has 3 nitrogen and oxygen atoms in total. The lowest BCUT2D eigenvalue weighted by molar-refractivity contribution is 0.421. The molecule has 2 atom stereocenters. The third-order valence-corrected chi connectivity index (χ3v) is 5.47. The van der Waals surface area contributed by atoms with Gasteiger partial charge in [-0.3, -0.25) is 4.79 Å². The lowest BCUT2D eigenvalue weighted by atomic mass is 9.69. The van der Waals surface area contributed by atoms with E-state index in [0.29, 0.717) is 0 Å². The van der Waals surface area contributed by atoms with Crippen LogP contribution in [-0.4, -0.2) is 4.98 Å². The quantitative estimate of drug-likeness (QED) is 0.790. The van der Waals surface area contributed by atoms with Gasteiger partial charge in [0, 0.05) is 17.7 Å². The van der Waals surface area contributed by atoms with Crippen LogP contribution in [0.15, 0.2) is 65.0 Å². The number of allylic oxidation sites excluding steroid dienone is 3. The van der Waals surface area contributed by atoms with Gasteiger partial charge in [-0.25, -0.2) is 0 Å². The predicted molar refractivity (Wildman–Crippen MR) is 97.5 cm³/mol. The van der Waals surface area contributed by atoms with Crippen LogP contribution >= 0.6 is 0 Å². The summed E-state index contributed by atoms with van der Waals surface area (Å²) in [7, 11) is 0. The van der Waals surface area contributed by atoms with E-state index in [0.717, 1.165) is 30.5 Å². The molecular weight excluding hydrogens is 296 g/mol. The number of aromatic nitrogens is 1. The molecular formula is C21H22N2O. The second kappa shape index (κ2) is 5.60. The maximum atomic E-state index is 11.8. The van der Waals surface area contributed by atoms with Gasteiger partial charge in [-0.05, 0) is 54.5 Å². The van der Waals surface area contributed by atoms with E-state index in [1.165, 1.54) is 16.7 Å². The molecule has 0 aliphatic heterocycles. The summed E-state index contributed by atoms with van der Waals surface area (Å²) >= 11 is 0. The van der Waals surface area contributed by atoms with Crippen LogP contribution in [0.3, 0.4) is 0 Å². The van der Waals surface area contributed by atoms with E-state index in [1.807, 2.05) is 12.1 Å². The molecule has 2 bridgehead atoms. The Morgan fingerprint density at radius 2 is 2.00 bits per heavy atom. The highest BCUT2D eigenvalue weighted by atomic mass is 16.1. The molecule has 0 saturated heterocycles. The average molecular weight is 318 g/mol. The van der Waals surface area contributed by atoms with E-state index < -0.39 is 5.54 Å². The second-order valence-electron chi connectivity index (χ2n) is 6.80. The van der Waals surface area contributed by atoms with E-state index in [1.54, 1.807) is 6.07 Å². The first-order valence-corrected chi connectivity index (χ1v) is 8.56. The number of hydrogen-bond donors (Lipinski definition) is 2. The molecule has 122 valence electrons. The molecule has 2 unspecified atom stereocenters. The molecule has 2 aromatic rings. The van der Waals surface area contributed by atoms with Gasteiger partial charge in [-0.2, -0.15) is 0 Å². The Balaban J connectivity index is 1.87. The van der Waals surface area contributed by atoms with Gasteiger partial charge in [0.15, 0.2) is 0 Å². The third kappa shape index (κ3) is 2.28. The van der Waals surface area contributed by atoms with Gasteiger partial charge >= 0.3 is 0 Å². The number of H-pyrrole nitrogens is 1. The highest BCUT2D eigenvalue weighted by Crippen LogP contribution is 2.47. The summed E-state index contributed by atoms with van der Waals surface area (Å²) in [6.07, 6.45) is 7.12. The topological polar surface area (TPSA) is 58.9 Å². The van der Waals surface area contributed by atoms with Crippen LogP contribution in [0.5, 0.6) is 0 Å². The smallest absolute Gasteiger partial charge is 0.248 e. The van der Waals surface area contributed by atoms with Crippen molar-refractivity contribution in [2.45, 2.75) is 31.7 Å². The van der Waals surface area contributed by atoms with Crippen molar-refractivity contribution in [3.8, 4) is 0 Å². The molecule has 1 aromatic heterocycles. The molecule has 1 aromatic carbocycles. The van der Waals surface area contributed by atoms with Gasteiger partial charge < -0.3 is 10.7 Å². The van der Waals surface area contributed by atoms with E-state index in [-0.39, 0.29) is 11.5 Å². The Labute approximate surface area is 141 Å². The summed E-state index contributed by atoms with van der Waals surface area (Å²) in [6.45, 7) is 2.07. The molecule has 0 radical (unpaired) electrons. The number of rotatable bonds is 1. The largest absolute Gasteiger partial charge is 0.326 e. The molecule has 3 N–H and O–H groups in total. The van der Waals surface area contributed by atoms with Crippen molar-refractivity contribution in [2.24, 2.45) is 11.7 Å². The fourth-order valence-electron chi connectivity index (χ4n) is 4.36. The van der Waals surface area contributed by atoms with Crippen LogP contribution in [0, 0.1) is 5.92 Å². The van der Waals surface area contributed by atoms with Crippen molar-refractivity contribution >= 4 is 5.57 Å². The number of nitrogens with two attached hydrogens (primary N) is 1. The molecule has 4 rings (SSSR count). The zero-order valence-corrected chi connectivity index (χ0v) is 13.9. The maximum absolute atomic E-state index is 11.8. The minimum atomic E-state index is -0.496. The molecule has 2 aliphatic carbocycles. The Morgan fingerprint density at radius 1 is 1.21 bits per heavy atom. The second-order valence-corrected chi connectivity index (χ2v) is 6.80. The minimum absolute atomic E-state index is 0.0507. The summed E-state index contributed by atoms with van der Waals surface area (Å²) in [5, 5.41) is 0. The zero-order chi connectivity index (χ0) is 16.7. The summed E-state index contributed by atoms with van der Waals surface area (Å²) in [4.78, 5) is 14.8. The first-order valence-electron chi connectivity index (χ1n) is 8.56. The SMILES string of the molecule is C/C=C1\C2C=C(c3ccccc3)CCC1(N)c1ccc(=O)[nH]c1C2. The van der Waals surface area contributed by atoms with Crippen LogP contribution in [-0.2, 0) is 12.0 Å². The fraction of sp³-hybridized carbons (Fsp3) is 0.286. The van der Waals surface area contributed by atoms with E-state index >= 15 is 0 Å². The first kappa shape index (κ1) is 15.2. The fourth-order valence-corrected chi connectivity index (χ4v) is 4.36. The zero-order valence-electron chi connectivity index (χ0n) is 13.9. The van der Waals surface area contributed by atoms with Crippen LogP contribution in [0.1, 0.15) is 36.6 Å².